The summed E-state index contributed by atoms with van der Waals surface area (Å²) in [6.45, 7) is 9.74. The zero-order valence-electron chi connectivity index (χ0n) is 12.0. The van der Waals surface area contributed by atoms with Gasteiger partial charge in [-0.05, 0) is 12.3 Å². The van der Waals surface area contributed by atoms with E-state index in [1.807, 2.05) is 11.8 Å². The lowest BCUT2D eigenvalue weighted by Crippen LogP contribution is -2.06. The molecular weight excluding hydrogens is 242 g/mol. The number of nitrogens with zero attached hydrogens (tertiary/aromatic N) is 2. The minimum absolute atomic E-state index is 0.738. The normalized spacial score (nSPS) is 12.4. The Labute approximate surface area is 115 Å². The molecule has 3 nitrogen and oxygen atoms in total. The maximum Gasteiger partial charge on any atom is 0.131 e. The summed E-state index contributed by atoms with van der Waals surface area (Å²) >= 11 is 1.84. The Morgan fingerprint density at radius 1 is 1.28 bits per heavy atom. The van der Waals surface area contributed by atoms with E-state index in [2.05, 4.69) is 49.0 Å². The topological polar surface area (TPSA) is 37.8 Å². The lowest BCUT2D eigenvalue weighted by atomic mass is 10.2. The molecule has 0 bridgehead atoms. The standard InChI is InChI=1S/C14H25N3S/c1-5-8-15-13-9-14(17-12(7-3)16-13)18-10-11(4)6-2/h9,11H,5-8,10H2,1-4H3,(H,15,16,17). The molecule has 1 aromatic rings. The number of aromatic nitrogens is 2. The van der Waals surface area contributed by atoms with Gasteiger partial charge in [0, 0.05) is 24.8 Å². The van der Waals surface area contributed by atoms with Crippen LogP contribution in [0.4, 0.5) is 5.82 Å². The maximum atomic E-state index is 4.58. The molecule has 0 spiro atoms. The van der Waals surface area contributed by atoms with Crippen molar-refractivity contribution in [3.63, 3.8) is 0 Å². The summed E-state index contributed by atoms with van der Waals surface area (Å²) in [5.41, 5.74) is 0. The van der Waals surface area contributed by atoms with E-state index >= 15 is 0 Å². The van der Waals surface area contributed by atoms with Gasteiger partial charge in [-0.1, -0.05) is 34.1 Å². The highest BCUT2D eigenvalue weighted by Crippen LogP contribution is 2.22. The summed E-state index contributed by atoms with van der Waals surface area (Å²) in [5, 5.41) is 4.44. The fourth-order valence-corrected chi connectivity index (χ4v) is 2.45. The van der Waals surface area contributed by atoms with Crippen molar-refractivity contribution in [3.05, 3.63) is 11.9 Å². The van der Waals surface area contributed by atoms with Gasteiger partial charge in [0.25, 0.3) is 0 Å². The molecule has 0 amide bonds. The first-order chi connectivity index (χ1) is 8.69. The Hall–Kier alpha value is -0.770. The van der Waals surface area contributed by atoms with Crippen LogP contribution in [0.25, 0.3) is 0 Å². The van der Waals surface area contributed by atoms with Crippen LogP contribution in [0.5, 0.6) is 0 Å². The van der Waals surface area contributed by atoms with Crippen molar-refractivity contribution in [3.8, 4) is 0 Å². The molecule has 1 atom stereocenters. The van der Waals surface area contributed by atoms with Crippen molar-refractivity contribution in [2.24, 2.45) is 5.92 Å². The molecule has 1 aromatic heterocycles. The van der Waals surface area contributed by atoms with Gasteiger partial charge in [0.2, 0.25) is 0 Å². The van der Waals surface area contributed by atoms with Crippen LogP contribution in [0.15, 0.2) is 11.1 Å². The predicted molar refractivity (Wildman–Crippen MR) is 80.4 cm³/mol. The molecule has 18 heavy (non-hydrogen) atoms. The molecule has 1 heterocycles. The molecule has 0 aliphatic carbocycles. The van der Waals surface area contributed by atoms with Crippen molar-refractivity contribution >= 4 is 17.6 Å². The molecule has 0 aliphatic rings. The third-order valence-electron chi connectivity index (χ3n) is 2.83. The van der Waals surface area contributed by atoms with E-state index in [1.165, 1.54) is 6.42 Å². The number of hydrogen-bond donors (Lipinski definition) is 1. The number of anilines is 1. The second-order valence-corrected chi connectivity index (χ2v) is 5.65. The third kappa shape index (κ3) is 5.25. The van der Waals surface area contributed by atoms with E-state index in [4.69, 9.17) is 0 Å². The molecule has 0 saturated heterocycles. The zero-order valence-corrected chi connectivity index (χ0v) is 12.8. The summed E-state index contributed by atoms with van der Waals surface area (Å²) in [7, 11) is 0. The highest BCUT2D eigenvalue weighted by atomic mass is 32.2. The van der Waals surface area contributed by atoms with Gasteiger partial charge in [-0.25, -0.2) is 9.97 Å². The van der Waals surface area contributed by atoms with E-state index in [1.54, 1.807) is 0 Å². The molecule has 0 aromatic carbocycles. The van der Waals surface area contributed by atoms with Gasteiger partial charge in [0.1, 0.15) is 16.7 Å². The smallest absolute Gasteiger partial charge is 0.131 e. The van der Waals surface area contributed by atoms with Crippen LogP contribution >= 0.6 is 11.8 Å². The molecule has 0 saturated carbocycles. The lowest BCUT2D eigenvalue weighted by molar-refractivity contribution is 0.636. The second-order valence-electron chi connectivity index (χ2n) is 4.61. The number of hydrogen-bond acceptors (Lipinski definition) is 4. The van der Waals surface area contributed by atoms with Gasteiger partial charge in [-0.15, -0.1) is 11.8 Å². The van der Waals surface area contributed by atoms with E-state index in [0.29, 0.717) is 0 Å². The monoisotopic (exact) mass is 267 g/mol. The first-order valence-electron chi connectivity index (χ1n) is 6.94. The Morgan fingerprint density at radius 2 is 2.06 bits per heavy atom. The van der Waals surface area contributed by atoms with Crippen molar-refractivity contribution in [2.45, 2.75) is 52.0 Å². The zero-order chi connectivity index (χ0) is 13.4. The molecule has 102 valence electrons. The van der Waals surface area contributed by atoms with Crippen LogP contribution < -0.4 is 5.32 Å². The van der Waals surface area contributed by atoms with E-state index < -0.39 is 0 Å². The summed E-state index contributed by atoms with van der Waals surface area (Å²) in [5.74, 6) is 3.77. The number of aryl methyl sites for hydroxylation is 1. The quantitative estimate of drug-likeness (QED) is 0.570. The van der Waals surface area contributed by atoms with Crippen LogP contribution in [0.2, 0.25) is 0 Å². The predicted octanol–water partition coefficient (Wildman–Crippen LogP) is 4.00. The summed E-state index contributed by atoms with van der Waals surface area (Å²) in [6.07, 6.45) is 3.22. The van der Waals surface area contributed by atoms with Gasteiger partial charge >= 0.3 is 0 Å². The molecule has 1 unspecified atom stereocenters. The summed E-state index contributed by atoms with van der Waals surface area (Å²) in [4.78, 5) is 9.08. The number of thioether (sulfide) groups is 1. The third-order valence-corrected chi connectivity index (χ3v) is 4.07. The highest BCUT2D eigenvalue weighted by Gasteiger charge is 2.06. The van der Waals surface area contributed by atoms with E-state index in [9.17, 15) is 0 Å². The van der Waals surface area contributed by atoms with Gasteiger partial charge in [-0.3, -0.25) is 0 Å². The van der Waals surface area contributed by atoms with Crippen LogP contribution in [0, 0.1) is 5.92 Å². The molecule has 4 heteroatoms. The lowest BCUT2D eigenvalue weighted by Gasteiger charge is -2.10. The molecule has 0 radical (unpaired) electrons. The number of nitrogens with one attached hydrogen (secondary N) is 1. The average Bonchev–Trinajstić information content (AvgIpc) is 2.42. The summed E-state index contributed by atoms with van der Waals surface area (Å²) < 4.78 is 0. The molecule has 0 aliphatic heterocycles. The molecular formula is C14H25N3S. The SMILES string of the molecule is CCCNc1cc(SCC(C)CC)nc(CC)n1. The van der Waals surface area contributed by atoms with Gasteiger partial charge in [0.05, 0.1) is 0 Å². The van der Waals surface area contributed by atoms with E-state index in [0.717, 1.165) is 47.7 Å². The van der Waals surface area contributed by atoms with Crippen LogP contribution in [-0.4, -0.2) is 22.3 Å². The Balaban J connectivity index is 2.70. The Bertz CT molecular complexity index is 355. The fourth-order valence-electron chi connectivity index (χ4n) is 1.39. The minimum atomic E-state index is 0.738. The van der Waals surface area contributed by atoms with Gasteiger partial charge in [-0.2, -0.15) is 0 Å². The fraction of sp³-hybridized carbons (Fsp3) is 0.714. The van der Waals surface area contributed by atoms with Crippen molar-refractivity contribution in [2.75, 3.05) is 17.6 Å². The molecule has 1 N–H and O–H groups in total. The molecule has 1 rings (SSSR count). The summed E-state index contributed by atoms with van der Waals surface area (Å²) in [6, 6.07) is 2.07. The van der Waals surface area contributed by atoms with Crippen LogP contribution in [-0.2, 0) is 6.42 Å². The first kappa shape index (κ1) is 15.3. The van der Waals surface area contributed by atoms with Crippen LogP contribution in [0.1, 0.15) is 46.4 Å². The van der Waals surface area contributed by atoms with Crippen molar-refractivity contribution in [1.82, 2.24) is 9.97 Å². The Morgan fingerprint density at radius 3 is 2.67 bits per heavy atom. The average molecular weight is 267 g/mol. The second kappa shape index (κ2) is 8.35. The number of rotatable bonds is 8. The maximum absolute atomic E-state index is 4.58. The largest absolute Gasteiger partial charge is 0.370 e. The van der Waals surface area contributed by atoms with Gasteiger partial charge < -0.3 is 5.32 Å². The highest BCUT2D eigenvalue weighted by molar-refractivity contribution is 7.99. The first-order valence-corrected chi connectivity index (χ1v) is 7.92. The van der Waals surface area contributed by atoms with Gasteiger partial charge in [0.15, 0.2) is 0 Å². The van der Waals surface area contributed by atoms with Crippen molar-refractivity contribution in [1.29, 1.82) is 0 Å². The minimum Gasteiger partial charge on any atom is -0.370 e. The molecule has 0 fully saturated rings. The van der Waals surface area contributed by atoms with Crippen LogP contribution in [0.3, 0.4) is 0 Å². The van der Waals surface area contributed by atoms with E-state index in [-0.39, 0.29) is 0 Å². The van der Waals surface area contributed by atoms with Crippen molar-refractivity contribution < 1.29 is 0 Å². The Kier molecular flexibility index (Phi) is 7.09.